The van der Waals surface area contributed by atoms with Gasteiger partial charge in [0.1, 0.15) is 0 Å². The fourth-order valence-electron chi connectivity index (χ4n) is 3.33. The Bertz CT molecular complexity index is 767. The molecule has 0 aliphatic rings. The van der Waals surface area contributed by atoms with E-state index in [4.69, 9.17) is 0 Å². The van der Waals surface area contributed by atoms with Gasteiger partial charge in [-0.3, -0.25) is 14.2 Å². The van der Waals surface area contributed by atoms with Crippen molar-refractivity contribution in [3.63, 3.8) is 0 Å². The van der Waals surface area contributed by atoms with Crippen molar-refractivity contribution < 1.29 is 14.2 Å². The summed E-state index contributed by atoms with van der Waals surface area (Å²) in [7, 11) is -2.67. The molecule has 127 valence electrons. The first-order valence-electron chi connectivity index (χ1n) is 7.85. The predicted octanol–water partition coefficient (Wildman–Crippen LogP) is 4.70. The van der Waals surface area contributed by atoms with E-state index in [1.54, 1.807) is 0 Å². The van der Waals surface area contributed by atoms with Crippen LogP contribution < -0.4 is 0 Å². The first-order chi connectivity index (χ1) is 11.1. The molecule has 0 spiro atoms. The number of hydrogen-bond acceptors (Lipinski definition) is 3. The maximum absolute atomic E-state index is 12.7. The molecule has 25 heavy (non-hydrogen) atoms. The average Bonchev–Trinajstić information content (AvgIpc) is 2.43. The molecule has 2 aromatic rings. The Balaban J connectivity index is 0.00000312. The van der Waals surface area contributed by atoms with Gasteiger partial charge in [-0.25, -0.2) is 0 Å². The molecule has 0 aliphatic carbocycles. The molecule has 2 rings (SSSR count). The number of benzene rings is 2. The van der Waals surface area contributed by atoms with Crippen molar-refractivity contribution in [3.05, 3.63) is 68.8 Å². The molecule has 2 aromatic carbocycles. The van der Waals surface area contributed by atoms with E-state index in [2.05, 4.69) is 0 Å². The molecule has 0 heterocycles. The Kier molecular flexibility index (Phi) is 7.09. The van der Waals surface area contributed by atoms with E-state index >= 15 is 0 Å². The molecule has 1 radical (unpaired) electrons. The van der Waals surface area contributed by atoms with Crippen LogP contribution in [0, 0.1) is 41.5 Å². The SMILES string of the molecule is Cc1cc(C)c(C(=O)[P](=O)C(=O)c2c(C)cc(C)cc2C)c(C)c1.[LiH]. The second-order valence-corrected chi connectivity index (χ2v) is 7.85. The van der Waals surface area contributed by atoms with E-state index < -0.39 is 18.8 Å². The van der Waals surface area contributed by atoms with Crippen LogP contribution in [0.4, 0.5) is 0 Å². The van der Waals surface area contributed by atoms with E-state index in [0.29, 0.717) is 11.1 Å². The number of carbonyl (C=O) groups is 2. The van der Waals surface area contributed by atoms with Gasteiger partial charge < -0.3 is 0 Å². The van der Waals surface area contributed by atoms with Gasteiger partial charge in [0.05, 0.1) is 0 Å². The van der Waals surface area contributed by atoms with Crippen molar-refractivity contribution in [1.29, 1.82) is 0 Å². The van der Waals surface area contributed by atoms with Gasteiger partial charge in [0, 0.05) is 11.1 Å². The predicted molar refractivity (Wildman–Crippen MR) is 105 cm³/mol. The van der Waals surface area contributed by atoms with Crippen molar-refractivity contribution in [2.24, 2.45) is 0 Å². The number of aryl methyl sites for hydroxylation is 6. The minimum atomic E-state index is -2.67. The van der Waals surface area contributed by atoms with Crippen molar-refractivity contribution >= 4 is 37.7 Å². The Morgan fingerprint density at radius 2 is 0.880 bits per heavy atom. The van der Waals surface area contributed by atoms with Gasteiger partial charge in [-0.1, -0.05) is 35.4 Å². The third-order valence-corrected chi connectivity index (χ3v) is 5.34. The van der Waals surface area contributed by atoms with Gasteiger partial charge in [0.2, 0.25) is 18.8 Å². The molecular formula is C20H23LiO3P. The quantitative estimate of drug-likeness (QED) is 0.594. The van der Waals surface area contributed by atoms with E-state index in [9.17, 15) is 14.2 Å². The van der Waals surface area contributed by atoms with Crippen LogP contribution in [-0.4, -0.2) is 29.9 Å². The topological polar surface area (TPSA) is 51.2 Å². The standard InChI is InChI=1S/C20H22O3P.Li.H/c1-11-7-13(3)17(14(4)8-11)19(21)24(23)20(22)18-15(5)9-12(2)10-16(18)6;;/h7-10H,1-6H3;;. The molecule has 0 saturated carbocycles. The molecule has 0 aliphatic heterocycles. The van der Waals surface area contributed by atoms with Gasteiger partial charge in [-0.05, 0) is 63.8 Å². The minimum absolute atomic E-state index is 0. The number of hydrogen-bond donors (Lipinski definition) is 0. The molecule has 0 amide bonds. The van der Waals surface area contributed by atoms with Crippen LogP contribution in [0.3, 0.4) is 0 Å². The van der Waals surface area contributed by atoms with Crippen molar-refractivity contribution in [2.75, 3.05) is 0 Å². The van der Waals surface area contributed by atoms with Crippen LogP contribution >= 0.6 is 7.80 Å². The summed E-state index contributed by atoms with van der Waals surface area (Å²) in [5.41, 5.74) is 4.74. The molecular weight excluding hydrogens is 326 g/mol. The van der Waals surface area contributed by atoms with E-state index in [-0.39, 0.29) is 18.9 Å². The summed E-state index contributed by atoms with van der Waals surface area (Å²) in [5, 5.41) is 0. The maximum atomic E-state index is 12.7. The zero-order valence-electron chi connectivity index (χ0n) is 15.0. The Labute approximate surface area is 162 Å². The van der Waals surface area contributed by atoms with Gasteiger partial charge in [-0.15, -0.1) is 0 Å². The van der Waals surface area contributed by atoms with Crippen LogP contribution in [-0.2, 0) is 4.57 Å². The molecule has 0 atom stereocenters. The van der Waals surface area contributed by atoms with Crippen molar-refractivity contribution in [3.8, 4) is 0 Å². The fraction of sp³-hybridized carbons (Fsp3) is 0.300. The van der Waals surface area contributed by atoms with E-state index in [0.717, 1.165) is 33.4 Å². The van der Waals surface area contributed by atoms with E-state index in [1.165, 1.54) is 0 Å². The molecule has 3 nitrogen and oxygen atoms in total. The van der Waals surface area contributed by atoms with Crippen molar-refractivity contribution in [1.82, 2.24) is 0 Å². The molecule has 0 unspecified atom stereocenters. The molecule has 0 fully saturated rings. The van der Waals surface area contributed by atoms with Crippen LogP contribution in [0.25, 0.3) is 0 Å². The average molecular weight is 349 g/mol. The van der Waals surface area contributed by atoms with Crippen LogP contribution in [0.1, 0.15) is 54.1 Å². The summed E-state index contributed by atoms with van der Waals surface area (Å²) in [4.78, 5) is 25.4. The Morgan fingerprint density at radius 3 is 1.12 bits per heavy atom. The van der Waals surface area contributed by atoms with Gasteiger partial charge >= 0.3 is 18.9 Å². The second-order valence-electron chi connectivity index (χ2n) is 6.45. The summed E-state index contributed by atoms with van der Waals surface area (Å²) in [6.45, 7) is 11.1. The number of carbonyl (C=O) groups excluding carboxylic acids is 2. The van der Waals surface area contributed by atoms with Crippen LogP contribution in [0.2, 0.25) is 0 Å². The third-order valence-electron chi connectivity index (χ3n) is 4.15. The molecule has 0 saturated heterocycles. The van der Waals surface area contributed by atoms with Gasteiger partial charge in [-0.2, -0.15) is 0 Å². The molecule has 5 heteroatoms. The monoisotopic (exact) mass is 349 g/mol. The zero-order chi connectivity index (χ0) is 18.2. The summed E-state index contributed by atoms with van der Waals surface area (Å²) >= 11 is 0. The normalized spacial score (nSPS) is 10.2. The Hall–Kier alpha value is -1.52. The first-order valence-corrected chi connectivity index (χ1v) is 9.11. The van der Waals surface area contributed by atoms with Gasteiger partial charge in [0.15, 0.2) is 0 Å². The first kappa shape index (κ1) is 21.5. The van der Waals surface area contributed by atoms with Crippen molar-refractivity contribution in [2.45, 2.75) is 41.5 Å². The summed E-state index contributed by atoms with van der Waals surface area (Å²) in [5.74, 6) is 0. The summed E-state index contributed by atoms with van der Waals surface area (Å²) in [6.07, 6.45) is 0. The zero-order valence-corrected chi connectivity index (χ0v) is 15.9. The van der Waals surface area contributed by atoms with Gasteiger partial charge in [0.25, 0.3) is 0 Å². The fourth-order valence-corrected chi connectivity index (χ4v) is 4.63. The van der Waals surface area contributed by atoms with E-state index in [1.807, 2.05) is 65.8 Å². The molecule has 0 N–H and O–H groups in total. The third kappa shape index (κ3) is 4.36. The Morgan fingerprint density at radius 1 is 0.640 bits per heavy atom. The van der Waals surface area contributed by atoms with Crippen LogP contribution in [0.5, 0.6) is 0 Å². The molecule has 0 aromatic heterocycles. The molecule has 0 bridgehead atoms. The second kappa shape index (κ2) is 8.24. The summed E-state index contributed by atoms with van der Waals surface area (Å²) < 4.78 is 12.7. The van der Waals surface area contributed by atoms with Crippen LogP contribution in [0.15, 0.2) is 24.3 Å². The number of rotatable bonds is 4. The summed E-state index contributed by atoms with van der Waals surface area (Å²) in [6, 6.07) is 7.49.